The zero-order valence-electron chi connectivity index (χ0n) is 20.1. The number of sulfonamides is 1. The van der Waals surface area contributed by atoms with Crippen LogP contribution < -0.4 is 10.2 Å². The van der Waals surface area contributed by atoms with Gasteiger partial charge in [0.05, 0.1) is 10.5 Å². The first-order chi connectivity index (χ1) is 17.4. The van der Waals surface area contributed by atoms with Crippen LogP contribution in [0.2, 0.25) is 0 Å². The molecule has 0 spiro atoms. The van der Waals surface area contributed by atoms with Crippen molar-refractivity contribution in [2.75, 3.05) is 36.4 Å². The quantitative estimate of drug-likeness (QED) is 0.534. The van der Waals surface area contributed by atoms with Gasteiger partial charge in [0, 0.05) is 42.3 Å². The predicted octanol–water partition coefficient (Wildman–Crippen LogP) is 4.51. The fraction of sp³-hybridized carbons (Fsp3) is 0.333. The van der Waals surface area contributed by atoms with Crippen LogP contribution in [0.4, 0.5) is 10.7 Å². The van der Waals surface area contributed by atoms with E-state index in [1.54, 1.807) is 12.1 Å². The predicted molar refractivity (Wildman–Crippen MR) is 142 cm³/mol. The summed E-state index contributed by atoms with van der Waals surface area (Å²) in [5, 5.41) is 13.1. The van der Waals surface area contributed by atoms with Gasteiger partial charge >= 0.3 is 0 Å². The van der Waals surface area contributed by atoms with Crippen molar-refractivity contribution in [3.8, 4) is 6.07 Å². The second-order valence-electron chi connectivity index (χ2n) is 9.38. The van der Waals surface area contributed by atoms with E-state index in [1.165, 1.54) is 27.8 Å². The Morgan fingerprint density at radius 1 is 1.08 bits per heavy atom. The Bertz CT molecular complexity index is 1420. The first kappa shape index (κ1) is 24.5. The van der Waals surface area contributed by atoms with Crippen molar-refractivity contribution >= 4 is 38.0 Å². The molecule has 7 nitrogen and oxygen atoms in total. The molecule has 1 amide bonds. The number of anilines is 2. The van der Waals surface area contributed by atoms with Crippen molar-refractivity contribution in [1.82, 2.24) is 4.31 Å². The number of hydrogen-bond donors (Lipinski definition) is 1. The minimum absolute atomic E-state index is 0.100. The first-order valence-corrected chi connectivity index (χ1v) is 14.4. The summed E-state index contributed by atoms with van der Waals surface area (Å²) in [6.45, 7) is 4.14. The zero-order valence-corrected chi connectivity index (χ0v) is 21.7. The number of piperazine rings is 1. The molecular formula is C27H28N4O3S2. The Kier molecular flexibility index (Phi) is 6.84. The molecule has 3 aromatic rings. The standard InChI is InChI=1S/C27H28N4O3S2/c1-19-10-11-23-24(18-28)27(35-25(23)16-19)29-26(32)20-6-5-9-22(17-20)36(33,34)31-14-12-30(13-15-31)21-7-3-2-4-8-21/h2-9,17,19H,10-16H2,1H3,(H,29,32). The number of carbonyl (C=O) groups is 1. The van der Waals surface area contributed by atoms with E-state index >= 15 is 0 Å². The highest BCUT2D eigenvalue weighted by Gasteiger charge is 2.30. The normalized spacial score (nSPS) is 18.3. The van der Waals surface area contributed by atoms with Gasteiger partial charge < -0.3 is 10.2 Å². The van der Waals surface area contributed by atoms with Crippen LogP contribution >= 0.6 is 11.3 Å². The smallest absolute Gasteiger partial charge is 0.256 e. The summed E-state index contributed by atoms with van der Waals surface area (Å²) in [6, 6.07) is 18.4. The van der Waals surface area contributed by atoms with Gasteiger partial charge in [-0.1, -0.05) is 31.2 Å². The molecule has 1 fully saturated rings. The fourth-order valence-corrected chi connectivity index (χ4v) is 7.73. The Labute approximate surface area is 216 Å². The molecular weight excluding hydrogens is 492 g/mol. The van der Waals surface area contributed by atoms with Crippen LogP contribution in [-0.4, -0.2) is 44.8 Å². The summed E-state index contributed by atoms with van der Waals surface area (Å²) < 4.78 is 28.2. The molecule has 0 bridgehead atoms. The fourth-order valence-electron chi connectivity index (χ4n) is 4.90. The highest BCUT2D eigenvalue weighted by molar-refractivity contribution is 7.89. The van der Waals surface area contributed by atoms with Crippen molar-refractivity contribution in [3.63, 3.8) is 0 Å². The largest absolute Gasteiger partial charge is 0.369 e. The molecule has 5 rings (SSSR count). The van der Waals surface area contributed by atoms with Crippen molar-refractivity contribution in [2.24, 2.45) is 5.92 Å². The maximum Gasteiger partial charge on any atom is 0.256 e. The number of nitrogens with zero attached hydrogens (tertiary/aromatic N) is 3. The number of para-hydroxylation sites is 1. The Morgan fingerprint density at radius 2 is 1.83 bits per heavy atom. The Morgan fingerprint density at radius 3 is 2.56 bits per heavy atom. The second-order valence-corrected chi connectivity index (χ2v) is 12.4. The lowest BCUT2D eigenvalue weighted by molar-refractivity contribution is 0.102. The van der Waals surface area contributed by atoms with Gasteiger partial charge in [0.1, 0.15) is 11.1 Å². The van der Waals surface area contributed by atoms with Gasteiger partial charge in [-0.05, 0) is 61.1 Å². The molecule has 9 heteroatoms. The third kappa shape index (κ3) is 4.76. The summed E-state index contributed by atoms with van der Waals surface area (Å²) in [6.07, 6.45) is 2.79. The number of fused-ring (bicyclic) bond motifs is 1. The summed E-state index contributed by atoms with van der Waals surface area (Å²) in [7, 11) is -3.74. The van der Waals surface area contributed by atoms with Gasteiger partial charge in [-0.15, -0.1) is 11.3 Å². The van der Waals surface area contributed by atoms with Crippen molar-refractivity contribution in [3.05, 3.63) is 76.2 Å². The zero-order chi connectivity index (χ0) is 25.3. The van der Waals surface area contributed by atoms with Gasteiger partial charge in [-0.3, -0.25) is 4.79 Å². The van der Waals surface area contributed by atoms with Crippen LogP contribution in [0.5, 0.6) is 0 Å². The van der Waals surface area contributed by atoms with Crippen molar-refractivity contribution in [1.29, 1.82) is 5.26 Å². The van der Waals surface area contributed by atoms with Crippen LogP contribution in [0.25, 0.3) is 0 Å². The summed E-state index contributed by atoms with van der Waals surface area (Å²) in [5.74, 6) is 0.145. The number of thiophene rings is 1. The molecule has 1 aromatic heterocycles. The highest BCUT2D eigenvalue weighted by Crippen LogP contribution is 2.39. The van der Waals surface area contributed by atoms with Gasteiger partial charge in [0.25, 0.3) is 5.91 Å². The topological polar surface area (TPSA) is 93.5 Å². The molecule has 1 saturated heterocycles. The van der Waals surface area contributed by atoms with E-state index in [1.807, 2.05) is 30.3 Å². The minimum Gasteiger partial charge on any atom is -0.369 e. The molecule has 1 aliphatic heterocycles. The second kappa shape index (κ2) is 10.1. The van der Waals surface area contributed by atoms with Crippen LogP contribution in [-0.2, 0) is 22.9 Å². The molecule has 2 aromatic carbocycles. The maximum absolute atomic E-state index is 13.4. The van der Waals surface area contributed by atoms with E-state index in [0.29, 0.717) is 42.7 Å². The minimum atomic E-state index is -3.74. The highest BCUT2D eigenvalue weighted by atomic mass is 32.2. The lowest BCUT2D eigenvalue weighted by Crippen LogP contribution is -2.48. The van der Waals surface area contributed by atoms with Crippen LogP contribution in [0, 0.1) is 17.2 Å². The lowest BCUT2D eigenvalue weighted by atomic mass is 9.88. The van der Waals surface area contributed by atoms with Crippen LogP contribution in [0.1, 0.15) is 39.7 Å². The first-order valence-electron chi connectivity index (χ1n) is 12.1. The average molecular weight is 521 g/mol. The molecule has 1 N–H and O–H groups in total. The summed E-state index contributed by atoms with van der Waals surface area (Å²) in [5.41, 5.74) is 2.91. The van der Waals surface area contributed by atoms with Gasteiger partial charge in [0.15, 0.2) is 0 Å². The number of rotatable bonds is 5. The molecule has 1 atom stereocenters. The number of amides is 1. The lowest BCUT2D eigenvalue weighted by Gasteiger charge is -2.35. The van der Waals surface area contributed by atoms with Gasteiger partial charge in [-0.25, -0.2) is 8.42 Å². The van der Waals surface area contributed by atoms with E-state index in [9.17, 15) is 18.5 Å². The van der Waals surface area contributed by atoms with E-state index < -0.39 is 15.9 Å². The SMILES string of the molecule is CC1CCc2c(sc(NC(=O)c3cccc(S(=O)(=O)N4CCN(c5ccccc5)CC4)c3)c2C#N)C1. The maximum atomic E-state index is 13.4. The van der Waals surface area contributed by atoms with Crippen LogP contribution in [0.3, 0.4) is 0 Å². The van der Waals surface area contributed by atoms with Crippen LogP contribution in [0.15, 0.2) is 59.5 Å². The van der Waals surface area contributed by atoms with E-state index in [0.717, 1.165) is 35.4 Å². The Hall–Kier alpha value is -3.19. The summed E-state index contributed by atoms with van der Waals surface area (Å²) >= 11 is 1.46. The molecule has 0 saturated carbocycles. The Balaban J connectivity index is 1.31. The number of nitriles is 1. The summed E-state index contributed by atoms with van der Waals surface area (Å²) in [4.78, 5) is 16.5. The number of benzene rings is 2. The number of nitrogens with one attached hydrogen (secondary N) is 1. The molecule has 1 aliphatic carbocycles. The monoisotopic (exact) mass is 520 g/mol. The molecule has 2 aliphatic rings. The molecule has 186 valence electrons. The number of carbonyl (C=O) groups excluding carboxylic acids is 1. The molecule has 1 unspecified atom stereocenters. The van der Waals surface area contributed by atoms with E-state index in [4.69, 9.17) is 0 Å². The average Bonchev–Trinajstić information content (AvgIpc) is 3.25. The molecule has 2 heterocycles. The van der Waals surface area contributed by atoms with Crippen molar-refractivity contribution in [2.45, 2.75) is 31.1 Å². The molecule has 0 radical (unpaired) electrons. The van der Waals surface area contributed by atoms with Gasteiger partial charge in [-0.2, -0.15) is 9.57 Å². The third-order valence-electron chi connectivity index (χ3n) is 6.94. The number of hydrogen-bond acceptors (Lipinski definition) is 6. The van der Waals surface area contributed by atoms with E-state index in [2.05, 4.69) is 23.2 Å². The van der Waals surface area contributed by atoms with Gasteiger partial charge in [0.2, 0.25) is 10.0 Å². The van der Waals surface area contributed by atoms with Crippen molar-refractivity contribution < 1.29 is 13.2 Å². The van der Waals surface area contributed by atoms with E-state index in [-0.39, 0.29) is 10.5 Å². The molecule has 36 heavy (non-hydrogen) atoms. The third-order valence-corrected chi connectivity index (χ3v) is 10.0.